The van der Waals surface area contributed by atoms with Gasteiger partial charge in [-0.1, -0.05) is 24.3 Å². The summed E-state index contributed by atoms with van der Waals surface area (Å²) in [6, 6.07) is 11.9. The average molecular weight is 333 g/mol. The Morgan fingerprint density at radius 1 is 1.20 bits per heavy atom. The fourth-order valence-electron chi connectivity index (χ4n) is 2.89. The lowest BCUT2D eigenvalue weighted by Gasteiger charge is -2.11. The molecule has 0 unspecified atom stereocenters. The number of nitriles is 1. The number of aryl methyl sites for hydroxylation is 2. The van der Waals surface area contributed by atoms with Crippen LogP contribution in [0.2, 0.25) is 0 Å². The molecule has 0 atom stereocenters. The molecule has 3 aromatic rings. The van der Waals surface area contributed by atoms with Crippen molar-refractivity contribution < 1.29 is 5.11 Å². The molecule has 6 nitrogen and oxygen atoms in total. The lowest BCUT2D eigenvalue weighted by molar-refractivity contribution is 0.269. The third-order valence-electron chi connectivity index (χ3n) is 4.15. The van der Waals surface area contributed by atoms with Gasteiger partial charge in [0.1, 0.15) is 17.5 Å². The smallest absolute Gasteiger partial charge is 0.142 e. The van der Waals surface area contributed by atoms with Gasteiger partial charge in [-0.3, -0.25) is 4.68 Å². The number of nitrogens with two attached hydrogens (primary N) is 1. The van der Waals surface area contributed by atoms with Gasteiger partial charge >= 0.3 is 0 Å². The van der Waals surface area contributed by atoms with Crippen molar-refractivity contribution in [1.82, 2.24) is 14.8 Å². The number of aromatic nitrogens is 3. The Balaban J connectivity index is 2.22. The van der Waals surface area contributed by atoms with Crippen LogP contribution in [0.25, 0.3) is 22.4 Å². The standard InChI is InChI=1S/C19H19N5O/c1-12-5-3-4-6-14(12)18-9-15(16(10-20)19(21)22-18)17-11-24(7-8-25)23-13(17)2/h3-6,9,11,25H,7-8H2,1-2H3,(H2,21,22). The lowest BCUT2D eigenvalue weighted by Crippen LogP contribution is -2.02. The van der Waals surface area contributed by atoms with E-state index in [1.807, 2.05) is 50.4 Å². The summed E-state index contributed by atoms with van der Waals surface area (Å²) in [6.07, 6.45) is 1.82. The molecule has 0 radical (unpaired) electrons. The van der Waals surface area contributed by atoms with E-state index < -0.39 is 0 Å². The number of pyridine rings is 1. The molecule has 0 aliphatic rings. The van der Waals surface area contributed by atoms with Gasteiger partial charge in [0.05, 0.1) is 24.5 Å². The van der Waals surface area contributed by atoms with Crippen LogP contribution in [0, 0.1) is 25.2 Å². The number of hydrogen-bond donors (Lipinski definition) is 2. The van der Waals surface area contributed by atoms with Crippen LogP contribution in [0.1, 0.15) is 16.8 Å². The normalized spacial score (nSPS) is 10.6. The Hall–Kier alpha value is -3.17. The number of benzene rings is 1. The molecule has 1 aromatic carbocycles. The molecule has 2 aromatic heterocycles. The molecule has 0 amide bonds. The SMILES string of the molecule is Cc1ccccc1-c1cc(-c2cn(CCO)nc2C)c(C#N)c(N)n1. The van der Waals surface area contributed by atoms with Crippen LogP contribution in [0.3, 0.4) is 0 Å². The summed E-state index contributed by atoms with van der Waals surface area (Å²) in [5.41, 5.74) is 11.5. The van der Waals surface area contributed by atoms with Gasteiger partial charge in [-0.2, -0.15) is 10.4 Å². The maximum absolute atomic E-state index is 9.54. The molecular formula is C19H19N5O. The van der Waals surface area contributed by atoms with Gasteiger partial charge in [0.2, 0.25) is 0 Å². The number of nitrogens with zero attached hydrogens (tertiary/aromatic N) is 4. The quantitative estimate of drug-likeness (QED) is 0.764. The predicted molar refractivity (Wildman–Crippen MR) is 96.6 cm³/mol. The van der Waals surface area contributed by atoms with Gasteiger partial charge in [0.15, 0.2) is 0 Å². The van der Waals surface area contributed by atoms with E-state index in [1.165, 1.54) is 0 Å². The zero-order chi connectivity index (χ0) is 18.0. The fraction of sp³-hybridized carbons (Fsp3) is 0.211. The van der Waals surface area contributed by atoms with Gasteiger partial charge in [-0.05, 0) is 25.5 Å². The molecule has 3 rings (SSSR count). The zero-order valence-corrected chi connectivity index (χ0v) is 14.2. The third kappa shape index (κ3) is 3.10. The Bertz CT molecular complexity index is 968. The van der Waals surface area contributed by atoms with Crippen LogP contribution in [0.4, 0.5) is 5.82 Å². The molecule has 0 saturated heterocycles. The molecule has 0 aliphatic carbocycles. The van der Waals surface area contributed by atoms with Crippen molar-refractivity contribution in [3.63, 3.8) is 0 Å². The first-order valence-electron chi connectivity index (χ1n) is 7.97. The highest BCUT2D eigenvalue weighted by molar-refractivity contribution is 5.81. The summed E-state index contributed by atoms with van der Waals surface area (Å²) < 4.78 is 1.66. The predicted octanol–water partition coefficient (Wildman–Crippen LogP) is 2.68. The summed E-state index contributed by atoms with van der Waals surface area (Å²) in [7, 11) is 0. The number of hydrogen-bond acceptors (Lipinski definition) is 5. The van der Waals surface area contributed by atoms with E-state index in [1.54, 1.807) is 4.68 Å². The maximum atomic E-state index is 9.54. The Labute approximate surface area is 146 Å². The van der Waals surface area contributed by atoms with Crippen LogP contribution in [-0.2, 0) is 6.54 Å². The third-order valence-corrected chi connectivity index (χ3v) is 4.15. The molecule has 0 spiro atoms. The molecular weight excluding hydrogens is 314 g/mol. The summed E-state index contributed by atoms with van der Waals surface area (Å²) in [6.45, 7) is 4.27. The molecule has 0 bridgehead atoms. The molecule has 0 fully saturated rings. The highest BCUT2D eigenvalue weighted by Gasteiger charge is 2.17. The summed E-state index contributed by atoms with van der Waals surface area (Å²) in [5.74, 6) is 0.201. The van der Waals surface area contributed by atoms with Crippen LogP contribution in [0.5, 0.6) is 0 Å². The Morgan fingerprint density at radius 2 is 1.96 bits per heavy atom. The molecule has 126 valence electrons. The average Bonchev–Trinajstić information content (AvgIpc) is 2.95. The highest BCUT2D eigenvalue weighted by atomic mass is 16.3. The maximum Gasteiger partial charge on any atom is 0.142 e. The summed E-state index contributed by atoms with van der Waals surface area (Å²) in [5, 5.41) is 23.0. The van der Waals surface area contributed by atoms with Crippen LogP contribution in [-0.4, -0.2) is 26.5 Å². The number of aliphatic hydroxyl groups is 1. The van der Waals surface area contributed by atoms with Crippen molar-refractivity contribution in [2.24, 2.45) is 0 Å². The van der Waals surface area contributed by atoms with Crippen molar-refractivity contribution in [3.8, 4) is 28.5 Å². The van der Waals surface area contributed by atoms with E-state index in [0.29, 0.717) is 17.7 Å². The van der Waals surface area contributed by atoms with Crippen LogP contribution >= 0.6 is 0 Å². The van der Waals surface area contributed by atoms with E-state index in [-0.39, 0.29) is 12.4 Å². The molecule has 3 N–H and O–H groups in total. The van der Waals surface area contributed by atoms with Gasteiger partial charge in [0, 0.05) is 22.9 Å². The van der Waals surface area contributed by atoms with Crippen molar-refractivity contribution in [2.45, 2.75) is 20.4 Å². The highest BCUT2D eigenvalue weighted by Crippen LogP contribution is 2.33. The fourth-order valence-corrected chi connectivity index (χ4v) is 2.89. The first-order chi connectivity index (χ1) is 12.0. The van der Waals surface area contributed by atoms with E-state index in [9.17, 15) is 5.26 Å². The van der Waals surface area contributed by atoms with Crippen LogP contribution in [0.15, 0.2) is 36.5 Å². The van der Waals surface area contributed by atoms with E-state index in [2.05, 4.69) is 16.2 Å². The molecule has 2 heterocycles. The van der Waals surface area contributed by atoms with Crippen molar-refractivity contribution in [1.29, 1.82) is 5.26 Å². The van der Waals surface area contributed by atoms with E-state index in [0.717, 1.165) is 28.1 Å². The molecule has 25 heavy (non-hydrogen) atoms. The first kappa shape index (κ1) is 16.7. The van der Waals surface area contributed by atoms with Gasteiger partial charge in [-0.25, -0.2) is 4.98 Å². The van der Waals surface area contributed by atoms with E-state index >= 15 is 0 Å². The largest absolute Gasteiger partial charge is 0.394 e. The minimum absolute atomic E-state index is 0.00138. The van der Waals surface area contributed by atoms with Crippen molar-refractivity contribution in [3.05, 3.63) is 53.3 Å². The second-order valence-corrected chi connectivity index (χ2v) is 5.86. The topological polar surface area (TPSA) is 101 Å². The minimum atomic E-state index is -0.00138. The number of anilines is 1. The Morgan fingerprint density at radius 3 is 2.64 bits per heavy atom. The molecule has 0 saturated carbocycles. The van der Waals surface area contributed by atoms with Gasteiger partial charge in [0.25, 0.3) is 0 Å². The minimum Gasteiger partial charge on any atom is -0.394 e. The Kier molecular flexibility index (Phi) is 4.50. The number of nitrogen functional groups attached to an aromatic ring is 1. The van der Waals surface area contributed by atoms with Gasteiger partial charge < -0.3 is 10.8 Å². The van der Waals surface area contributed by atoms with Crippen molar-refractivity contribution in [2.75, 3.05) is 12.3 Å². The first-order valence-corrected chi connectivity index (χ1v) is 7.97. The molecule has 6 heteroatoms. The molecule has 0 aliphatic heterocycles. The van der Waals surface area contributed by atoms with Crippen LogP contribution < -0.4 is 5.73 Å². The zero-order valence-electron chi connectivity index (χ0n) is 14.2. The van der Waals surface area contributed by atoms with Crippen molar-refractivity contribution >= 4 is 5.82 Å². The monoisotopic (exact) mass is 333 g/mol. The van der Waals surface area contributed by atoms with E-state index in [4.69, 9.17) is 10.8 Å². The summed E-state index contributed by atoms with van der Waals surface area (Å²) >= 11 is 0. The number of rotatable bonds is 4. The second kappa shape index (κ2) is 6.75. The second-order valence-electron chi connectivity index (χ2n) is 5.86. The lowest BCUT2D eigenvalue weighted by atomic mass is 9.97. The van der Waals surface area contributed by atoms with Gasteiger partial charge in [-0.15, -0.1) is 0 Å². The number of aliphatic hydroxyl groups excluding tert-OH is 1. The summed E-state index contributed by atoms with van der Waals surface area (Å²) in [4.78, 5) is 4.42.